The summed E-state index contributed by atoms with van der Waals surface area (Å²) in [5.74, 6) is 0.305. The third-order valence-electron chi connectivity index (χ3n) is 4.95. The number of carbonyl (C=O) groups is 2. The first kappa shape index (κ1) is 18.8. The number of nitrogens with zero attached hydrogens (tertiary/aromatic N) is 1. The molecule has 1 aliphatic rings. The van der Waals surface area contributed by atoms with Gasteiger partial charge in [-0.05, 0) is 79.7 Å². The molecule has 1 fully saturated rings. The highest BCUT2D eigenvalue weighted by Gasteiger charge is 2.21. The fraction of sp³-hybridized carbons (Fsp3) is 0.474. The minimum absolute atomic E-state index is 0.0256. The number of hydroxylamine groups is 1. The van der Waals surface area contributed by atoms with Crippen LogP contribution in [0.3, 0.4) is 0 Å². The number of fused-ring (bicyclic) bond motifs is 1. The molecule has 6 nitrogen and oxygen atoms in total. The van der Waals surface area contributed by atoms with Crippen LogP contribution in [-0.2, 0) is 9.59 Å². The van der Waals surface area contributed by atoms with Gasteiger partial charge in [-0.15, -0.1) is 11.3 Å². The Kier molecular flexibility index (Phi) is 6.60. The van der Waals surface area contributed by atoms with Crippen molar-refractivity contribution in [3.8, 4) is 0 Å². The van der Waals surface area contributed by atoms with Gasteiger partial charge in [0.15, 0.2) is 0 Å². The van der Waals surface area contributed by atoms with Gasteiger partial charge in [-0.1, -0.05) is 0 Å². The Balaban J connectivity index is 1.38. The van der Waals surface area contributed by atoms with Crippen molar-refractivity contribution in [3.05, 3.63) is 29.6 Å². The SMILES string of the molecule is O=C(CCCC1CCN(CC(=O)Nc2ccc3sccc3c2)CC1)NO. The summed E-state index contributed by atoms with van der Waals surface area (Å²) in [7, 11) is 0. The van der Waals surface area contributed by atoms with Crippen LogP contribution < -0.4 is 10.8 Å². The Hall–Kier alpha value is -1.96. The Morgan fingerprint density at radius 3 is 2.77 bits per heavy atom. The molecule has 2 heterocycles. The first-order valence-corrected chi connectivity index (χ1v) is 9.94. The predicted molar refractivity (Wildman–Crippen MR) is 103 cm³/mol. The quantitative estimate of drug-likeness (QED) is 0.513. The summed E-state index contributed by atoms with van der Waals surface area (Å²) < 4.78 is 1.22. The molecule has 0 aliphatic carbocycles. The number of amides is 2. The first-order chi connectivity index (χ1) is 12.6. The second-order valence-electron chi connectivity index (χ2n) is 6.87. The fourth-order valence-corrected chi connectivity index (χ4v) is 4.26. The Morgan fingerprint density at radius 1 is 1.19 bits per heavy atom. The lowest BCUT2D eigenvalue weighted by molar-refractivity contribution is -0.129. The van der Waals surface area contributed by atoms with E-state index in [1.807, 2.05) is 18.2 Å². The normalized spacial score (nSPS) is 15.9. The van der Waals surface area contributed by atoms with Crippen molar-refractivity contribution in [2.45, 2.75) is 32.1 Å². The van der Waals surface area contributed by atoms with Crippen molar-refractivity contribution in [3.63, 3.8) is 0 Å². The van der Waals surface area contributed by atoms with Gasteiger partial charge in [0.2, 0.25) is 11.8 Å². The largest absolute Gasteiger partial charge is 0.325 e. The summed E-state index contributed by atoms with van der Waals surface area (Å²) in [6.07, 6.45) is 4.26. The van der Waals surface area contributed by atoms with E-state index in [0.29, 0.717) is 18.9 Å². The summed E-state index contributed by atoms with van der Waals surface area (Å²) in [5.41, 5.74) is 2.51. The molecule has 7 heteroatoms. The van der Waals surface area contributed by atoms with E-state index in [4.69, 9.17) is 5.21 Å². The lowest BCUT2D eigenvalue weighted by Gasteiger charge is -2.31. The number of hydrogen-bond donors (Lipinski definition) is 3. The minimum atomic E-state index is -0.320. The van der Waals surface area contributed by atoms with Crippen LogP contribution >= 0.6 is 11.3 Å². The van der Waals surface area contributed by atoms with Crippen molar-refractivity contribution in [2.75, 3.05) is 25.0 Å². The summed E-state index contributed by atoms with van der Waals surface area (Å²) in [6.45, 7) is 2.24. The molecular weight excluding hydrogens is 350 g/mol. The van der Waals surface area contributed by atoms with E-state index in [9.17, 15) is 9.59 Å². The zero-order valence-corrected chi connectivity index (χ0v) is 15.6. The van der Waals surface area contributed by atoms with Crippen LogP contribution in [0.25, 0.3) is 10.1 Å². The van der Waals surface area contributed by atoms with Gasteiger partial charge in [-0.3, -0.25) is 19.7 Å². The molecule has 1 aromatic heterocycles. The van der Waals surface area contributed by atoms with Crippen LogP contribution in [0.15, 0.2) is 29.6 Å². The van der Waals surface area contributed by atoms with E-state index in [1.165, 1.54) is 4.70 Å². The molecule has 0 atom stereocenters. The topological polar surface area (TPSA) is 81.7 Å². The van der Waals surface area contributed by atoms with Crippen LogP contribution in [-0.4, -0.2) is 41.6 Å². The average Bonchev–Trinajstić information content (AvgIpc) is 3.10. The van der Waals surface area contributed by atoms with Gasteiger partial charge in [0.05, 0.1) is 6.54 Å². The molecule has 1 saturated heterocycles. The van der Waals surface area contributed by atoms with E-state index >= 15 is 0 Å². The molecule has 0 unspecified atom stereocenters. The van der Waals surface area contributed by atoms with Gasteiger partial charge in [0.25, 0.3) is 0 Å². The van der Waals surface area contributed by atoms with Crippen LogP contribution in [0.1, 0.15) is 32.1 Å². The van der Waals surface area contributed by atoms with Crippen molar-refractivity contribution < 1.29 is 14.8 Å². The van der Waals surface area contributed by atoms with Gasteiger partial charge in [0.1, 0.15) is 0 Å². The molecule has 3 N–H and O–H groups in total. The van der Waals surface area contributed by atoms with E-state index in [0.717, 1.165) is 49.8 Å². The standard InChI is InChI=1S/C19H25N3O3S/c23-18(21-25)3-1-2-14-6-9-22(10-7-14)13-19(24)20-16-4-5-17-15(12-16)8-11-26-17/h4-5,8,11-12,14,25H,1-3,6-7,9-10,13H2,(H,20,24)(H,21,23). The molecule has 2 amide bonds. The number of anilines is 1. The molecule has 0 saturated carbocycles. The molecule has 2 aromatic rings. The number of carbonyl (C=O) groups excluding carboxylic acids is 2. The molecule has 1 aromatic carbocycles. The van der Waals surface area contributed by atoms with Crippen molar-refractivity contribution >= 4 is 38.9 Å². The van der Waals surface area contributed by atoms with Gasteiger partial charge >= 0.3 is 0 Å². The van der Waals surface area contributed by atoms with Gasteiger partial charge < -0.3 is 5.32 Å². The van der Waals surface area contributed by atoms with Crippen LogP contribution in [0, 0.1) is 5.92 Å². The lowest BCUT2D eigenvalue weighted by Crippen LogP contribution is -2.39. The Labute approximate surface area is 157 Å². The highest BCUT2D eigenvalue weighted by Crippen LogP contribution is 2.25. The number of rotatable bonds is 7. The minimum Gasteiger partial charge on any atom is -0.325 e. The Morgan fingerprint density at radius 2 is 2.00 bits per heavy atom. The van der Waals surface area contributed by atoms with Crippen LogP contribution in [0.2, 0.25) is 0 Å². The average molecular weight is 375 g/mol. The van der Waals surface area contributed by atoms with Crippen molar-refractivity contribution in [2.24, 2.45) is 5.92 Å². The molecule has 140 valence electrons. The molecule has 0 bridgehead atoms. The summed E-state index contributed by atoms with van der Waals surface area (Å²) in [6, 6.07) is 8.06. The van der Waals surface area contributed by atoms with Crippen LogP contribution in [0.5, 0.6) is 0 Å². The van der Waals surface area contributed by atoms with Crippen molar-refractivity contribution in [1.82, 2.24) is 10.4 Å². The van der Waals surface area contributed by atoms with E-state index in [1.54, 1.807) is 16.8 Å². The van der Waals surface area contributed by atoms with Crippen LogP contribution in [0.4, 0.5) is 5.69 Å². The second-order valence-corrected chi connectivity index (χ2v) is 7.82. The Bertz CT molecular complexity index is 753. The maximum atomic E-state index is 12.3. The van der Waals surface area contributed by atoms with Gasteiger partial charge in [0, 0.05) is 16.8 Å². The smallest absolute Gasteiger partial charge is 0.243 e. The molecular formula is C19H25N3O3S. The maximum Gasteiger partial charge on any atom is 0.243 e. The monoisotopic (exact) mass is 375 g/mol. The molecule has 26 heavy (non-hydrogen) atoms. The molecule has 1 aliphatic heterocycles. The van der Waals surface area contributed by atoms with E-state index < -0.39 is 0 Å². The predicted octanol–water partition coefficient (Wildman–Crippen LogP) is 3.23. The second kappa shape index (κ2) is 9.12. The maximum absolute atomic E-state index is 12.3. The fourth-order valence-electron chi connectivity index (χ4n) is 3.49. The zero-order chi connectivity index (χ0) is 18.4. The lowest BCUT2D eigenvalue weighted by atomic mass is 9.91. The van der Waals surface area contributed by atoms with E-state index in [-0.39, 0.29) is 11.8 Å². The summed E-state index contributed by atoms with van der Waals surface area (Å²) in [5, 5.41) is 14.7. The third kappa shape index (κ3) is 5.27. The number of nitrogens with one attached hydrogen (secondary N) is 2. The molecule has 0 spiro atoms. The number of likely N-dealkylation sites (tertiary alicyclic amines) is 1. The van der Waals surface area contributed by atoms with Gasteiger partial charge in [-0.2, -0.15) is 0 Å². The molecule has 0 radical (unpaired) electrons. The first-order valence-electron chi connectivity index (χ1n) is 9.06. The number of hydrogen-bond acceptors (Lipinski definition) is 5. The zero-order valence-electron chi connectivity index (χ0n) is 14.7. The van der Waals surface area contributed by atoms with Gasteiger partial charge in [-0.25, -0.2) is 5.48 Å². The number of thiophene rings is 1. The summed E-state index contributed by atoms with van der Waals surface area (Å²) in [4.78, 5) is 25.5. The summed E-state index contributed by atoms with van der Waals surface area (Å²) >= 11 is 1.70. The highest BCUT2D eigenvalue weighted by molar-refractivity contribution is 7.17. The number of benzene rings is 1. The van der Waals surface area contributed by atoms with Crippen molar-refractivity contribution in [1.29, 1.82) is 0 Å². The third-order valence-corrected chi connectivity index (χ3v) is 5.85. The number of piperidine rings is 1. The molecule has 3 rings (SSSR count). The highest BCUT2D eigenvalue weighted by atomic mass is 32.1. The van der Waals surface area contributed by atoms with E-state index in [2.05, 4.69) is 21.7 Å².